The van der Waals surface area contributed by atoms with Crippen molar-refractivity contribution in [2.24, 2.45) is 4.99 Å². The number of amides is 3. The Morgan fingerprint density at radius 2 is 1.69 bits per heavy atom. The van der Waals surface area contributed by atoms with Crippen LogP contribution in [0.1, 0.15) is 18.4 Å². The van der Waals surface area contributed by atoms with Gasteiger partial charge in [-0.15, -0.1) is 0 Å². The summed E-state index contributed by atoms with van der Waals surface area (Å²) < 4.78 is 0. The van der Waals surface area contributed by atoms with Gasteiger partial charge in [0.15, 0.2) is 5.84 Å². The van der Waals surface area contributed by atoms with Crippen LogP contribution in [0.5, 0.6) is 5.75 Å². The molecule has 0 unspecified atom stereocenters. The number of phenolic OH excluding ortho intramolecular Hbond substituents is 1. The molecule has 0 aliphatic carbocycles. The Hall–Kier alpha value is -3.48. The van der Waals surface area contributed by atoms with Crippen molar-refractivity contribution < 1.29 is 19.5 Å². The Balaban J connectivity index is 2.07. The average Bonchev–Trinajstić information content (AvgIpc) is 2.99. The molecule has 0 atom stereocenters. The van der Waals surface area contributed by atoms with Gasteiger partial charge in [-0.2, -0.15) is 0 Å². The van der Waals surface area contributed by atoms with E-state index in [0.29, 0.717) is 23.3 Å². The predicted octanol–water partition coefficient (Wildman–Crippen LogP) is 2.21. The molecule has 1 fully saturated rings. The van der Waals surface area contributed by atoms with Crippen LogP contribution in [0, 0.1) is 0 Å². The Morgan fingerprint density at radius 1 is 1.08 bits per heavy atom. The third-order valence-electron chi connectivity index (χ3n) is 4.06. The van der Waals surface area contributed by atoms with Gasteiger partial charge in [-0.1, -0.05) is 12.1 Å². The van der Waals surface area contributed by atoms with Crippen LogP contribution < -0.4 is 4.90 Å². The number of carbonyl (C=O) groups excluding carboxylic acids is 3. The highest BCUT2D eigenvalue weighted by molar-refractivity contribution is 6.22. The third kappa shape index (κ3) is 3.32. The van der Waals surface area contributed by atoms with Crippen molar-refractivity contribution in [3.63, 3.8) is 0 Å². The van der Waals surface area contributed by atoms with Crippen molar-refractivity contribution in [1.29, 1.82) is 0 Å². The maximum atomic E-state index is 12.2. The number of hydrogen-bond acceptors (Lipinski definition) is 5. The largest absolute Gasteiger partial charge is 0.507 e. The summed E-state index contributed by atoms with van der Waals surface area (Å²) >= 11 is 0. The first-order valence-electron chi connectivity index (χ1n) is 8.02. The minimum Gasteiger partial charge on any atom is -0.507 e. The molecule has 0 aromatic heterocycles. The number of amidine groups is 1. The van der Waals surface area contributed by atoms with E-state index in [9.17, 15) is 19.5 Å². The molecule has 1 N–H and O–H groups in total. The Kier molecular flexibility index (Phi) is 4.79. The van der Waals surface area contributed by atoms with Gasteiger partial charge in [-0.25, -0.2) is 9.89 Å². The number of phenols is 1. The number of hydrogen-bond donors (Lipinski definition) is 1. The summed E-state index contributed by atoms with van der Waals surface area (Å²) in [6.07, 6.45) is 0.927. The second-order valence-electron chi connectivity index (χ2n) is 5.81. The van der Waals surface area contributed by atoms with E-state index in [1.54, 1.807) is 49.5 Å². The molecule has 2 aromatic rings. The van der Waals surface area contributed by atoms with Crippen molar-refractivity contribution in [3.8, 4) is 5.75 Å². The molecular weight excluding hydrogens is 334 g/mol. The fourth-order valence-electron chi connectivity index (χ4n) is 2.65. The van der Waals surface area contributed by atoms with Crippen molar-refractivity contribution in [1.82, 2.24) is 4.90 Å². The van der Waals surface area contributed by atoms with Gasteiger partial charge in [0.2, 0.25) is 18.2 Å². The molecule has 3 rings (SSSR count). The number of benzene rings is 2. The smallest absolute Gasteiger partial charge is 0.235 e. The van der Waals surface area contributed by atoms with Crippen LogP contribution in [0.3, 0.4) is 0 Å². The van der Waals surface area contributed by atoms with Crippen LogP contribution in [-0.2, 0) is 14.4 Å². The lowest BCUT2D eigenvalue weighted by Crippen LogP contribution is -2.36. The first kappa shape index (κ1) is 17.3. The predicted molar refractivity (Wildman–Crippen MR) is 96.3 cm³/mol. The number of aliphatic imine (C=N–C) groups is 1. The van der Waals surface area contributed by atoms with E-state index in [-0.39, 0.29) is 36.2 Å². The molecule has 132 valence electrons. The van der Waals surface area contributed by atoms with E-state index in [0.717, 1.165) is 4.90 Å². The SMILES string of the molecule is CN(C=O)c1ccc(N=C(c2ccccc2O)N2C(=O)CCC2=O)cc1. The van der Waals surface area contributed by atoms with Gasteiger partial charge in [0.25, 0.3) is 0 Å². The number of likely N-dealkylation sites (tertiary alicyclic amines) is 1. The fraction of sp³-hybridized carbons (Fsp3) is 0.158. The highest BCUT2D eigenvalue weighted by atomic mass is 16.3. The second-order valence-corrected chi connectivity index (χ2v) is 5.81. The molecule has 1 saturated heterocycles. The Labute approximate surface area is 150 Å². The maximum Gasteiger partial charge on any atom is 0.235 e. The van der Waals surface area contributed by atoms with E-state index in [1.807, 2.05) is 0 Å². The van der Waals surface area contributed by atoms with Gasteiger partial charge in [0, 0.05) is 25.6 Å². The average molecular weight is 351 g/mol. The summed E-state index contributed by atoms with van der Waals surface area (Å²) in [7, 11) is 1.63. The van der Waals surface area contributed by atoms with Crippen LogP contribution in [0.4, 0.5) is 11.4 Å². The van der Waals surface area contributed by atoms with Gasteiger partial charge in [0.1, 0.15) is 5.75 Å². The van der Waals surface area contributed by atoms with E-state index >= 15 is 0 Å². The number of anilines is 1. The summed E-state index contributed by atoms with van der Waals surface area (Å²) in [6, 6.07) is 13.1. The summed E-state index contributed by atoms with van der Waals surface area (Å²) in [5.41, 5.74) is 1.46. The number of carbonyl (C=O) groups is 3. The molecule has 1 aliphatic rings. The minimum atomic E-state index is -0.352. The molecule has 1 aliphatic heterocycles. The second kappa shape index (κ2) is 7.18. The molecule has 7 nitrogen and oxygen atoms in total. The number of para-hydroxylation sites is 1. The first-order chi connectivity index (χ1) is 12.5. The van der Waals surface area contributed by atoms with Gasteiger partial charge in [0.05, 0.1) is 11.3 Å². The fourth-order valence-corrected chi connectivity index (χ4v) is 2.65. The first-order valence-corrected chi connectivity index (χ1v) is 8.02. The molecule has 2 aromatic carbocycles. The zero-order valence-corrected chi connectivity index (χ0v) is 14.1. The topological polar surface area (TPSA) is 90.3 Å². The number of rotatable bonds is 4. The Bertz CT molecular complexity index is 874. The van der Waals surface area contributed by atoms with Gasteiger partial charge in [-0.05, 0) is 36.4 Å². The standard InChI is InChI=1S/C19H17N3O4/c1-21(12-23)14-8-6-13(7-9-14)20-19(15-4-2-3-5-16(15)24)22-17(25)10-11-18(22)26/h2-9,12,24H,10-11H2,1H3. The lowest BCUT2D eigenvalue weighted by Gasteiger charge is -2.18. The molecular formula is C19H17N3O4. The number of imide groups is 1. The number of aromatic hydroxyl groups is 1. The minimum absolute atomic E-state index is 0.0731. The zero-order valence-electron chi connectivity index (χ0n) is 14.1. The molecule has 26 heavy (non-hydrogen) atoms. The van der Waals surface area contributed by atoms with Crippen molar-refractivity contribution in [2.45, 2.75) is 12.8 Å². The van der Waals surface area contributed by atoms with E-state index in [2.05, 4.69) is 4.99 Å². The normalized spacial score (nSPS) is 14.7. The van der Waals surface area contributed by atoms with Gasteiger partial charge in [-0.3, -0.25) is 14.4 Å². The molecule has 3 amide bonds. The van der Waals surface area contributed by atoms with Crippen LogP contribution in [0.15, 0.2) is 53.5 Å². The molecule has 0 spiro atoms. The molecule has 0 bridgehead atoms. The quantitative estimate of drug-likeness (QED) is 0.396. The summed E-state index contributed by atoms with van der Waals surface area (Å²) in [5.74, 6) is -0.688. The Morgan fingerprint density at radius 3 is 2.27 bits per heavy atom. The summed E-state index contributed by atoms with van der Waals surface area (Å²) in [6.45, 7) is 0. The maximum absolute atomic E-state index is 12.2. The molecule has 0 saturated carbocycles. The summed E-state index contributed by atoms with van der Waals surface area (Å²) in [4.78, 5) is 42.0. The monoisotopic (exact) mass is 351 g/mol. The lowest BCUT2D eigenvalue weighted by atomic mass is 10.1. The van der Waals surface area contributed by atoms with Crippen LogP contribution in [-0.4, -0.2) is 41.1 Å². The van der Waals surface area contributed by atoms with Crippen molar-refractivity contribution in [2.75, 3.05) is 11.9 Å². The highest BCUT2D eigenvalue weighted by Crippen LogP contribution is 2.26. The molecule has 1 heterocycles. The molecule has 7 heteroatoms. The van der Waals surface area contributed by atoms with E-state index in [1.165, 1.54) is 11.0 Å². The van der Waals surface area contributed by atoms with Crippen LogP contribution in [0.2, 0.25) is 0 Å². The van der Waals surface area contributed by atoms with Gasteiger partial charge < -0.3 is 10.0 Å². The third-order valence-corrected chi connectivity index (χ3v) is 4.06. The lowest BCUT2D eigenvalue weighted by molar-refractivity contribution is -0.133. The van der Waals surface area contributed by atoms with Crippen molar-refractivity contribution >= 4 is 35.4 Å². The van der Waals surface area contributed by atoms with E-state index in [4.69, 9.17) is 0 Å². The van der Waals surface area contributed by atoms with E-state index < -0.39 is 0 Å². The number of nitrogens with zero attached hydrogens (tertiary/aromatic N) is 3. The zero-order chi connectivity index (χ0) is 18.7. The summed E-state index contributed by atoms with van der Waals surface area (Å²) in [5, 5.41) is 10.2. The molecule has 0 radical (unpaired) electrons. The van der Waals surface area contributed by atoms with Crippen LogP contribution >= 0.6 is 0 Å². The highest BCUT2D eigenvalue weighted by Gasteiger charge is 2.34. The van der Waals surface area contributed by atoms with Gasteiger partial charge >= 0.3 is 0 Å². The van der Waals surface area contributed by atoms with Crippen molar-refractivity contribution in [3.05, 3.63) is 54.1 Å². The van der Waals surface area contributed by atoms with Crippen LogP contribution in [0.25, 0.3) is 0 Å².